The number of anilines is 1. The second kappa shape index (κ2) is 7.40. The van der Waals surface area contributed by atoms with Crippen molar-refractivity contribution in [2.24, 2.45) is 5.73 Å². The molecule has 0 spiro atoms. The molecule has 0 aliphatic carbocycles. The molecule has 0 heterocycles. The highest BCUT2D eigenvalue weighted by molar-refractivity contribution is 7.91. The summed E-state index contributed by atoms with van der Waals surface area (Å²) in [5.41, 5.74) is 6.13. The van der Waals surface area contributed by atoms with E-state index in [0.29, 0.717) is 5.69 Å². The zero-order valence-electron chi connectivity index (χ0n) is 11.9. The lowest BCUT2D eigenvalue weighted by Crippen LogP contribution is -2.27. The van der Waals surface area contributed by atoms with E-state index >= 15 is 0 Å². The van der Waals surface area contributed by atoms with Crippen LogP contribution >= 0.6 is 0 Å². The quantitative estimate of drug-likeness (QED) is 0.805. The first-order chi connectivity index (χ1) is 9.40. The van der Waals surface area contributed by atoms with Gasteiger partial charge in [0.05, 0.1) is 16.3 Å². The van der Waals surface area contributed by atoms with Gasteiger partial charge in [-0.25, -0.2) is 8.42 Å². The zero-order chi connectivity index (χ0) is 15.2. The Morgan fingerprint density at radius 2 is 1.95 bits per heavy atom. The highest BCUT2D eigenvalue weighted by Gasteiger charge is 2.18. The molecule has 0 radical (unpaired) electrons. The fourth-order valence-electron chi connectivity index (χ4n) is 1.91. The van der Waals surface area contributed by atoms with E-state index in [1.807, 2.05) is 6.92 Å². The van der Waals surface area contributed by atoms with Crippen LogP contribution in [0.3, 0.4) is 0 Å². The lowest BCUT2D eigenvalue weighted by molar-refractivity contribution is -0.116. The van der Waals surface area contributed by atoms with Crippen LogP contribution in [0.25, 0.3) is 0 Å². The van der Waals surface area contributed by atoms with E-state index in [2.05, 4.69) is 5.32 Å². The Morgan fingerprint density at radius 3 is 2.55 bits per heavy atom. The summed E-state index contributed by atoms with van der Waals surface area (Å²) in [5, 5.41) is 2.64. The number of sulfone groups is 1. The Hall–Kier alpha value is -1.40. The summed E-state index contributed by atoms with van der Waals surface area (Å²) in [5.74, 6) is -0.264. The highest BCUT2D eigenvalue weighted by Crippen LogP contribution is 2.22. The largest absolute Gasteiger partial charge is 0.327 e. The third-order valence-corrected chi connectivity index (χ3v) is 4.77. The summed E-state index contributed by atoms with van der Waals surface area (Å²) in [6, 6.07) is 6.22. The van der Waals surface area contributed by atoms with Crippen molar-refractivity contribution in [1.29, 1.82) is 0 Å². The molecular weight excluding hydrogens is 276 g/mol. The predicted octanol–water partition coefficient (Wildman–Crippen LogP) is 1.94. The molecule has 0 aromatic heterocycles. The van der Waals surface area contributed by atoms with Gasteiger partial charge in [0.2, 0.25) is 5.91 Å². The first kappa shape index (κ1) is 16.7. The molecule has 112 valence electrons. The molecule has 0 saturated heterocycles. The Labute approximate surface area is 120 Å². The average Bonchev–Trinajstić information content (AvgIpc) is 2.39. The van der Waals surface area contributed by atoms with Crippen LogP contribution in [0, 0.1) is 0 Å². The lowest BCUT2D eigenvalue weighted by Gasteiger charge is -2.13. The zero-order valence-corrected chi connectivity index (χ0v) is 12.7. The van der Waals surface area contributed by atoms with Crippen LogP contribution in [0.4, 0.5) is 5.69 Å². The fraction of sp³-hybridized carbons (Fsp3) is 0.500. The van der Waals surface area contributed by atoms with Crippen LogP contribution in [-0.4, -0.2) is 26.1 Å². The Morgan fingerprint density at radius 1 is 1.30 bits per heavy atom. The predicted molar refractivity (Wildman–Crippen MR) is 80.3 cm³/mol. The summed E-state index contributed by atoms with van der Waals surface area (Å²) < 4.78 is 23.9. The van der Waals surface area contributed by atoms with E-state index in [0.717, 1.165) is 12.8 Å². The topological polar surface area (TPSA) is 89.3 Å². The van der Waals surface area contributed by atoms with Gasteiger partial charge in [-0.15, -0.1) is 0 Å². The Balaban J connectivity index is 2.86. The maximum absolute atomic E-state index is 12.0. The van der Waals surface area contributed by atoms with Gasteiger partial charge in [-0.3, -0.25) is 4.79 Å². The molecule has 0 bridgehead atoms. The number of benzene rings is 1. The van der Waals surface area contributed by atoms with Crippen LogP contribution in [0.2, 0.25) is 0 Å². The van der Waals surface area contributed by atoms with Crippen molar-refractivity contribution in [3.8, 4) is 0 Å². The van der Waals surface area contributed by atoms with E-state index in [-0.39, 0.29) is 29.0 Å². The number of hydrogen-bond donors (Lipinski definition) is 2. The fourth-order valence-corrected chi connectivity index (χ4v) is 2.96. The van der Waals surface area contributed by atoms with Crippen LogP contribution in [0.15, 0.2) is 29.2 Å². The van der Waals surface area contributed by atoms with Gasteiger partial charge in [0.1, 0.15) is 0 Å². The van der Waals surface area contributed by atoms with E-state index < -0.39 is 9.84 Å². The molecule has 1 rings (SSSR count). The van der Waals surface area contributed by atoms with Crippen molar-refractivity contribution in [2.75, 3.05) is 11.1 Å². The smallest absolute Gasteiger partial charge is 0.225 e. The maximum atomic E-state index is 12.0. The molecule has 20 heavy (non-hydrogen) atoms. The SMILES string of the molecule is CCCC(N)CC(=O)Nc1ccccc1S(=O)(=O)CC. The van der Waals surface area contributed by atoms with Crippen molar-refractivity contribution in [2.45, 2.75) is 44.0 Å². The number of nitrogens with one attached hydrogen (secondary N) is 1. The van der Waals surface area contributed by atoms with Crippen LogP contribution in [0.5, 0.6) is 0 Å². The second-order valence-corrected chi connectivity index (χ2v) is 6.95. The van der Waals surface area contributed by atoms with Crippen LogP contribution in [-0.2, 0) is 14.6 Å². The van der Waals surface area contributed by atoms with Crippen LogP contribution < -0.4 is 11.1 Å². The van der Waals surface area contributed by atoms with E-state index in [1.54, 1.807) is 25.1 Å². The summed E-state index contributed by atoms with van der Waals surface area (Å²) in [7, 11) is -3.36. The van der Waals surface area contributed by atoms with E-state index in [1.165, 1.54) is 6.07 Å². The van der Waals surface area contributed by atoms with Gasteiger partial charge in [0, 0.05) is 12.5 Å². The summed E-state index contributed by atoms with van der Waals surface area (Å²) in [6.45, 7) is 3.58. The lowest BCUT2D eigenvalue weighted by atomic mass is 10.1. The van der Waals surface area contributed by atoms with Gasteiger partial charge in [-0.2, -0.15) is 0 Å². The Bertz CT molecular complexity index is 555. The molecule has 0 aliphatic rings. The molecule has 1 aromatic rings. The number of carbonyl (C=O) groups excluding carboxylic acids is 1. The number of amides is 1. The second-order valence-electron chi connectivity index (χ2n) is 4.70. The number of para-hydroxylation sites is 1. The maximum Gasteiger partial charge on any atom is 0.225 e. The molecule has 1 aromatic carbocycles. The summed E-state index contributed by atoms with van der Waals surface area (Å²) in [4.78, 5) is 12.0. The summed E-state index contributed by atoms with van der Waals surface area (Å²) >= 11 is 0. The molecule has 1 amide bonds. The first-order valence-corrected chi connectivity index (χ1v) is 8.43. The van der Waals surface area contributed by atoms with Crippen molar-refractivity contribution >= 4 is 21.4 Å². The average molecular weight is 298 g/mol. The molecular formula is C14H22N2O3S. The molecule has 1 atom stereocenters. The number of nitrogens with two attached hydrogens (primary N) is 1. The standard InChI is InChI=1S/C14H22N2O3S/c1-3-7-11(15)10-14(17)16-12-8-5-6-9-13(12)20(18,19)4-2/h5-6,8-9,11H,3-4,7,10,15H2,1-2H3,(H,16,17). The molecule has 0 aliphatic heterocycles. The number of hydrogen-bond acceptors (Lipinski definition) is 4. The van der Waals surface area contributed by atoms with E-state index in [9.17, 15) is 13.2 Å². The van der Waals surface area contributed by atoms with E-state index in [4.69, 9.17) is 5.73 Å². The minimum atomic E-state index is -3.36. The minimum Gasteiger partial charge on any atom is -0.327 e. The Kier molecular flexibility index (Phi) is 6.16. The van der Waals surface area contributed by atoms with Gasteiger partial charge in [-0.05, 0) is 18.6 Å². The third-order valence-electron chi connectivity index (χ3n) is 2.98. The minimum absolute atomic E-state index is 0.00473. The molecule has 0 saturated carbocycles. The van der Waals surface area contributed by atoms with Gasteiger partial charge in [0.15, 0.2) is 9.84 Å². The number of rotatable bonds is 7. The first-order valence-electron chi connectivity index (χ1n) is 6.78. The molecule has 3 N–H and O–H groups in total. The summed E-state index contributed by atoms with van der Waals surface area (Å²) in [6.07, 6.45) is 1.87. The van der Waals surface area contributed by atoms with Crippen molar-refractivity contribution in [3.63, 3.8) is 0 Å². The van der Waals surface area contributed by atoms with Crippen molar-refractivity contribution in [3.05, 3.63) is 24.3 Å². The monoisotopic (exact) mass is 298 g/mol. The molecule has 1 unspecified atom stereocenters. The van der Waals surface area contributed by atoms with Crippen LogP contribution in [0.1, 0.15) is 33.1 Å². The molecule has 5 nitrogen and oxygen atoms in total. The van der Waals surface area contributed by atoms with Gasteiger partial charge in [-0.1, -0.05) is 32.4 Å². The van der Waals surface area contributed by atoms with Crippen molar-refractivity contribution < 1.29 is 13.2 Å². The number of carbonyl (C=O) groups is 1. The third kappa shape index (κ3) is 4.61. The van der Waals surface area contributed by atoms with Gasteiger partial charge in [0.25, 0.3) is 0 Å². The van der Waals surface area contributed by atoms with Gasteiger partial charge >= 0.3 is 0 Å². The van der Waals surface area contributed by atoms with Gasteiger partial charge < -0.3 is 11.1 Å². The highest BCUT2D eigenvalue weighted by atomic mass is 32.2. The normalized spacial score (nSPS) is 12.9. The van der Waals surface area contributed by atoms with Crippen molar-refractivity contribution in [1.82, 2.24) is 0 Å². The molecule has 0 fully saturated rings. The molecule has 6 heteroatoms.